The maximum Gasteiger partial charge on any atom is 0.376 e. The Labute approximate surface area is 156 Å². The number of pyridine rings is 1. The van der Waals surface area contributed by atoms with Crippen LogP contribution in [0.3, 0.4) is 0 Å². The highest BCUT2D eigenvalue weighted by Gasteiger charge is 2.33. The molecule has 2 heterocycles. The lowest BCUT2D eigenvalue weighted by Gasteiger charge is -2.40. The molecule has 0 spiro atoms. The van der Waals surface area contributed by atoms with E-state index in [-0.39, 0.29) is 13.1 Å². The molecule has 4 rings (SSSR count). The quantitative estimate of drug-likeness (QED) is 0.866. The van der Waals surface area contributed by atoms with Gasteiger partial charge in [0.1, 0.15) is 0 Å². The molecule has 1 aromatic carbocycles. The maximum atomic E-state index is 9.89. The number of piperazine rings is 1. The van der Waals surface area contributed by atoms with E-state index < -0.39 is 0 Å². The molecule has 0 saturated carbocycles. The van der Waals surface area contributed by atoms with Crippen molar-refractivity contribution in [2.45, 2.75) is 26.2 Å². The van der Waals surface area contributed by atoms with Crippen LogP contribution in [0.2, 0.25) is 6.82 Å². The van der Waals surface area contributed by atoms with Crippen LogP contribution in [0.1, 0.15) is 41.8 Å². The molecule has 2 aromatic rings. The Hall–Kier alpha value is -1.95. The second-order valence-electron chi connectivity index (χ2n) is 7.19. The average Bonchev–Trinajstić information content (AvgIpc) is 2.82. The van der Waals surface area contributed by atoms with Crippen molar-refractivity contribution >= 4 is 18.7 Å². The lowest BCUT2D eigenvalue weighted by atomic mass is 9.84. The monoisotopic (exact) mass is 347 g/mol. The fourth-order valence-electron chi connectivity index (χ4n) is 4.24. The van der Waals surface area contributed by atoms with Crippen molar-refractivity contribution in [1.82, 2.24) is 14.7 Å². The summed E-state index contributed by atoms with van der Waals surface area (Å²) in [5.41, 5.74) is 6.42. The van der Waals surface area contributed by atoms with Crippen LogP contribution in [-0.4, -0.2) is 52.9 Å². The van der Waals surface area contributed by atoms with Gasteiger partial charge in [-0.15, -0.1) is 0 Å². The van der Waals surface area contributed by atoms with Gasteiger partial charge >= 0.3 is 7.05 Å². The van der Waals surface area contributed by atoms with Gasteiger partial charge in [0, 0.05) is 37.9 Å². The van der Waals surface area contributed by atoms with Gasteiger partial charge < -0.3 is 9.83 Å². The molecule has 0 bridgehead atoms. The molecular formula is C21H26BN3O. The van der Waals surface area contributed by atoms with Gasteiger partial charge in [0.05, 0.1) is 11.7 Å². The van der Waals surface area contributed by atoms with Gasteiger partial charge in [-0.2, -0.15) is 0 Å². The number of rotatable bonds is 3. The fraction of sp³-hybridized carbons (Fsp3) is 0.381. The first kappa shape index (κ1) is 17.5. The highest BCUT2D eigenvalue weighted by Crippen LogP contribution is 2.39. The predicted octanol–water partition coefficient (Wildman–Crippen LogP) is 3.16. The minimum absolute atomic E-state index is 0.166. The molecule has 1 N–H and O–H groups in total. The number of aromatic nitrogens is 1. The Kier molecular flexibility index (Phi) is 4.94. The number of benzene rings is 1. The van der Waals surface area contributed by atoms with E-state index in [1.54, 1.807) is 0 Å². The summed E-state index contributed by atoms with van der Waals surface area (Å²) in [6, 6.07) is 13.1. The van der Waals surface area contributed by atoms with Crippen molar-refractivity contribution in [2.75, 3.05) is 26.2 Å². The van der Waals surface area contributed by atoms with Crippen LogP contribution in [0.4, 0.5) is 0 Å². The summed E-state index contributed by atoms with van der Waals surface area (Å²) in [7, 11) is -0.377. The second-order valence-corrected chi connectivity index (χ2v) is 7.19. The topological polar surface area (TPSA) is 39.6 Å². The smallest absolute Gasteiger partial charge is 0.376 e. The second kappa shape index (κ2) is 7.35. The van der Waals surface area contributed by atoms with Gasteiger partial charge in [0.25, 0.3) is 0 Å². The SMILES string of the molecule is CCC1=Cc2ccccc2C(N2CCN(B(C)O)CC2)c2ncccc21. The van der Waals surface area contributed by atoms with Crippen LogP contribution in [0.5, 0.6) is 0 Å². The highest BCUT2D eigenvalue weighted by atomic mass is 16.2. The summed E-state index contributed by atoms with van der Waals surface area (Å²) in [5.74, 6) is 0. The van der Waals surface area contributed by atoms with Gasteiger partial charge in [0.2, 0.25) is 0 Å². The lowest BCUT2D eigenvalue weighted by Crippen LogP contribution is -2.52. The van der Waals surface area contributed by atoms with Gasteiger partial charge in [0.15, 0.2) is 0 Å². The van der Waals surface area contributed by atoms with E-state index in [0.29, 0.717) is 0 Å². The van der Waals surface area contributed by atoms with Gasteiger partial charge in [-0.1, -0.05) is 43.3 Å². The molecule has 0 radical (unpaired) electrons. The summed E-state index contributed by atoms with van der Waals surface area (Å²) >= 11 is 0. The van der Waals surface area contributed by atoms with Crippen LogP contribution in [0, 0.1) is 0 Å². The molecule has 5 heteroatoms. The molecule has 1 fully saturated rings. The zero-order valence-corrected chi connectivity index (χ0v) is 15.6. The minimum atomic E-state index is -0.377. The third-order valence-electron chi connectivity index (χ3n) is 5.69. The van der Waals surface area contributed by atoms with Crippen molar-refractivity contribution in [3.63, 3.8) is 0 Å². The lowest BCUT2D eigenvalue weighted by molar-refractivity contribution is 0.144. The third kappa shape index (κ3) is 3.11. The van der Waals surface area contributed by atoms with E-state index in [4.69, 9.17) is 4.98 Å². The van der Waals surface area contributed by atoms with Gasteiger partial charge in [-0.05, 0) is 36.0 Å². The molecule has 2 aliphatic rings. The first-order valence-electron chi connectivity index (χ1n) is 9.60. The summed E-state index contributed by atoms with van der Waals surface area (Å²) in [4.78, 5) is 9.50. The molecule has 1 atom stereocenters. The van der Waals surface area contributed by atoms with Crippen molar-refractivity contribution in [3.8, 4) is 0 Å². The average molecular weight is 347 g/mol. The summed E-state index contributed by atoms with van der Waals surface area (Å²) in [6.07, 6.45) is 5.25. The van der Waals surface area contributed by atoms with Gasteiger partial charge in [-0.25, -0.2) is 0 Å². The van der Waals surface area contributed by atoms with Crippen molar-refractivity contribution < 1.29 is 5.02 Å². The van der Waals surface area contributed by atoms with Crippen molar-refractivity contribution in [1.29, 1.82) is 0 Å². The molecule has 1 aliphatic carbocycles. The van der Waals surface area contributed by atoms with Crippen LogP contribution in [-0.2, 0) is 0 Å². The number of hydrogen-bond donors (Lipinski definition) is 1. The normalized spacial score (nSPS) is 20.7. The first-order valence-corrected chi connectivity index (χ1v) is 9.60. The summed E-state index contributed by atoms with van der Waals surface area (Å²) < 4.78 is 0. The van der Waals surface area contributed by atoms with E-state index in [9.17, 15) is 5.02 Å². The van der Waals surface area contributed by atoms with Crippen LogP contribution < -0.4 is 0 Å². The van der Waals surface area contributed by atoms with Crippen molar-refractivity contribution in [2.24, 2.45) is 0 Å². The van der Waals surface area contributed by atoms with Crippen LogP contribution in [0.25, 0.3) is 11.6 Å². The number of fused-ring (bicyclic) bond motifs is 2. The highest BCUT2D eigenvalue weighted by molar-refractivity contribution is 6.45. The van der Waals surface area contributed by atoms with E-state index in [1.165, 1.54) is 22.3 Å². The maximum absolute atomic E-state index is 9.89. The van der Waals surface area contributed by atoms with E-state index in [1.807, 2.05) is 19.1 Å². The number of nitrogens with zero attached hydrogens (tertiary/aromatic N) is 3. The molecule has 134 valence electrons. The Bertz CT molecular complexity index is 812. The van der Waals surface area contributed by atoms with Crippen LogP contribution in [0.15, 0.2) is 42.6 Å². The standard InChI is InChI=1S/C21H26BN3O/c1-3-16-15-17-7-4-5-8-19(17)21(20-18(16)9-6-10-23-20)24-11-13-25(14-12-24)22(2)26/h4-10,15,21,26H,3,11-14H2,1-2H3. The molecule has 1 aliphatic heterocycles. The van der Waals surface area contributed by atoms with E-state index in [2.05, 4.69) is 53.0 Å². The Morgan fingerprint density at radius 3 is 2.62 bits per heavy atom. The van der Waals surface area contributed by atoms with Crippen molar-refractivity contribution in [3.05, 3.63) is 65.0 Å². The first-order chi connectivity index (χ1) is 12.7. The van der Waals surface area contributed by atoms with Gasteiger partial charge in [-0.3, -0.25) is 9.88 Å². The van der Waals surface area contributed by atoms with Crippen LogP contribution >= 0.6 is 0 Å². The molecule has 1 aromatic heterocycles. The zero-order chi connectivity index (χ0) is 18.1. The fourth-order valence-corrected chi connectivity index (χ4v) is 4.24. The summed E-state index contributed by atoms with van der Waals surface area (Å²) in [5, 5.41) is 9.89. The predicted molar refractivity (Wildman–Crippen MR) is 108 cm³/mol. The molecule has 1 unspecified atom stereocenters. The summed E-state index contributed by atoms with van der Waals surface area (Å²) in [6.45, 7) is 7.69. The van der Waals surface area contributed by atoms with E-state index in [0.717, 1.165) is 38.3 Å². The number of hydrogen-bond acceptors (Lipinski definition) is 4. The number of allylic oxidation sites excluding steroid dienone is 1. The third-order valence-corrected chi connectivity index (χ3v) is 5.69. The molecular weight excluding hydrogens is 321 g/mol. The largest absolute Gasteiger partial charge is 0.437 e. The Balaban J connectivity index is 1.78. The molecule has 26 heavy (non-hydrogen) atoms. The molecule has 4 nitrogen and oxygen atoms in total. The minimum Gasteiger partial charge on any atom is -0.437 e. The molecule has 1 saturated heterocycles. The van der Waals surface area contributed by atoms with E-state index >= 15 is 0 Å². The Morgan fingerprint density at radius 2 is 1.88 bits per heavy atom. The Morgan fingerprint density at radius 1 is 1.12 bits per heavy atom. The zero-order valence-electron chi connectivity index (χ0n) is 15.6. The molecule has 0 amide bonds.